The molecule has 1 atom stereocenters. The van der Waals surface area contributed by atoms with Gasteiger partial charge in [-0.15, -0.1) is 0 Å². The maximum atomic E-state index is 12.6. The monoisotopic (exact) mass is 369 g/mol. The fourth-order valence-corrected chi connectivity index (χ4v) is 2.53. The van der Waals surface area contributed by atoms with Gasteiger partial charge in [-0.2, -0.15) is 4.79 Å². The number of nitrogens with one attached hydrogen (secondary N) is 1. The Morgan fingerprint density at radius 3 is 2.41 bits per heavy atom. The van der Waals surface area contributed by atoms with Crippen LogP contribution in [0, 0.1) is 0 Å². The summed E-state index contributed by atoms with van der Waals surface area (Å²) in [6.45, 7) is 5.19. The van der Waals surface area contributed by atoms with Gasteiger partial charge in [0.1, 0.15) is 11.8 Å². The summed E-state index contributed by atoms with van der Waals surface area (Å²) in [5.74, 6) is 0.759. The van der Waals surface area contributed by atoms with Crippen LogP contribution >= 0.6 is 0 Å². The molecular formula is C21H27N3O3. The Labute approximate surface area is 160 Å². The maximum Gasteiger partial charge on any atom is 0.359 e. The van der Waals surface area contributed by atoms with E-state index in [-0.39, 0.29) is 5.91 Å². The number of allylic oxidation sites excluding steroid dienone is 1. The molecule has 0 heterocycles. The van der Waals surface area contributed by atoms with E-state index in [1.807, 2.05) is 18.2 Å². The highest BCUT2D eigenvalue weighted by molar-refractivity contribution is 6.05. The summed E-state index contributed by atoms with van der Waals surface area (Å²) in [4.78, 5) is 15.9. The Balaban J connectivity index is 2.20. The molecule has 2 rings (SSSR count). The lowest BCUT2D eigenvalue weighted by atomic mass is 10.0. The summed E-state index contributed by atoms with van der Waals surface area (Å²) in [7, 11) is 0. The van der Waals surface area contributed by atoms with E-state index in [2.05, 4.69) is 24.0 Å². The zero-order valence-electron chi connectivity index (χ0n) is 16.0. The second-order valence-electron chi connectivity index (χ2n) is 6.28. The fraction of sp³-hybridized carbons (Fsp3) is 0.429. The normalized spacial score (nSPS) is 16.1. The average Bonchev–Trinajstić information content (AvgIpc) is 2.70. The van der Waals surface area contributed by atoms with Crippen LogP contribution in [0.1, 0.15) is 49.9 Å². The van der Waals surface area contributed by atoms with Gasteiger partial charge in [0.05, 0.1) is 19.3 Å². The number of carbonyl (C=O) groups is 1. The van der Waals surface area contributed by atoms with Crippen LogP contribution in [0.4, 0.5) is 0 Å². The molecule has 0 saturated carbocycles. The Morgan fingerprint density at radius 2 is 1.78 bits per heavy atom. The number of amides is 1. The molecule has 0 radical (unpaired) electrons. The van der Waals surface area contributed by atoms with Crippen molar-refractivity contribution in [2.24, 2.45) is 0 Å². The lowest BCUT2D eigenvalue weighted by Crippen LogP contribution is -2.38. The molecule has 1 unspecified atom stereocenters. The molecule has 144 valence electrons. The average molecular weight is 369 g/mol. The van der Waals surface area contributed by atoms with Gasteiger partial charge in [0.15, 0.2) is 0 Å². The Morgan fingerprint density at radius 1 is 1.11 bits per heavy atom. The third kappa shape index (κ3) is 6.12. The summed E-state index contributed by atoms with van der Waals surface area (Å²) in [6, 6.07) is 8.51. The van der Waals surface area contributed by atoms with Gasteiger partial charge < -0.3 is 20.3 Å². The largest absolute Gasteiger partial charge is 0.495 e. The molecule has 0 aliphatic heterocycles. The molecule has 6 heteroatoms. The predicted octanol–water partition coefficient (Wildman–Crippen LogP) is 3.87. The quantitative estimate of drug-likeness (QED) is 0.386. The first kappa shape index (κ1) is 20.5. The van der Waals surface area contributed by atoms with Crippen molar-refractivity contribution in [2.45, 2.75) is 45.6 Å². The van der Waals surface area contributed by atoms with Gasteiger partial charge in [-0.1, -0.05) is 44.9 Å². The van der Waals surface area contributed by atoms with Crippen LogP contribution in [0.2, 0.25) is 0 Å². The Bertz CT molecular complexity index is 734. The molecule has 0 aromatic heterocycles. The van der Waals surface area contributed by atoms with Crippen LogP contribution in [-0.2, 0) is 9.47 Å². The Hall–Kier alpha value is -2.85. The Kier molecular flexibility index (Phi) is 8.33. The van der Waals surface area contributed by atoms with Crippen LogP contribution < -0.4 is 5.32 Å². The van der Waals surface area contributed by atoms with Crippen molar-refractivity contribution in [3.63, 3.8) is 0 Å². The number of ether oxygens (including phenoxy) is 2. The molecule has 1 aliphatic carbocycles. The highest BCUT2D eigenvalue weighted by Gasteiger charge is 2.29. The van der Waals surface area contributed by atoms with Gasteiger partial charge in [0.25, 0.3) is 5.91 Å². The van der Waals surface area contributed by atoms with Gasteiger partial charge in [0, 0.05) is 5.56 Å². The van der Waals surface area contributed by atoms with Gasteiger partial charge in [-0.25, -0.2) is 0 Å². The second kappa shape index (κ2) is 11.0. The third-order valence-electron chi connectivity index (χ3n) is 4.11. The predicted molar refractivity (Wildman–Crippen MR) is 104 cm³/mol. The molecule has 6 nitrogen and oxygen atoms in total. The number of rotatable bonds is 10. The van der Waals surface area contributed by atoms with E-state index < -0.39 is 6.04 Å². The van der Waals surface area contributed by atoms with Gasteiger partial charge in [-0.05, 0) is 31.1 Å². The highest BCUT2D eigenvalue weighted by Crippen LogP contribution is 2.19. The number of hydrogen-bond donors (Lipinski definition) is 1. The third-order valence-corrected chi connectivity index (χ3v) is 4.11. The molecule has 0 spiro atoms. The van der Waals surface area contributed by atoms with E-state index >= 15 is 0 Å². The first-order chi connectivity index (χ1) is 13.2. The molecule has 0 saturated heterocycles. The molecule has 1 aliphatic rings. The molecule has 0 bridgehead atoms. The lowest BCUT2D eigenvalue weighted by Gasteiger charge is -2.23. The number of nitrogens with zero attached hydrogens (tertiary/aromatic N) is 2. The molecule has 1 aromatic carbocycles. The summed E-state index contributed by atoms with van der Waals surface area (Å²) in [5.41, 5.74) is 10.2. The molecule has 1 amide bonds. The van der Waals surface area contributed by atoms with Crippen molar-refractivity contribution in [1.82, 2.24) is 5.32 Å². The van der Waals surface area contributed by atoms with E-state index in [1.165, 1.54) is 0 Å². The van der Waals surface area contributed by atoms with Crippen molar-refractivity contribution < 1.29 is 19.1 Å². The zero-order chi connectivity index (χ0) is 19.5. The molecule has 1 N–H and O–H groups in total. The van der Waals surface area contributed by atoms with Crippen molar-refractivity contribution in [3.8, 4) is 0 Å². The van der Waals surface area contributed by atoms with Crippen molar-refractivity contribution in [1.29, 1.82) is 0 Å². The summed E-state index contributed by atoms with van der Waals surface area (Å²) in [6.07, 6.45) is 7.12. The smallest absolute Gasteiger partial charge is 0.359 e. The molecular weight excluding hydrogens is 342 g/mol. The van der Waals surface area contributed by atoms with E-state index in [1.54, 1.807) is 24.3 Å². The topological polar surface area (TPSA) is 84.0 Å². The number of benzene rings is 1. The SMILES string of the molecule is CCCCOC1=CC(NC(=O)c2ccccc2)C(OCCCC)=CC1=[N+]=[N-]. The fourth-order valence-electron chi connectivity index (χ4n) is 2.53. The lowest BCUT2D eigenvalue weighted by molar-refractivity contribution is -0.00884. The summed E-state index contributed by atoms with van der Waals surface area (Å²) >= 11 is 0. The van der Waals surface area contributed by atoms with Crippen LogP contribution in [0.3, 0.4) is 0 Å². The minimum absolute atomic E-state index is 0.209. The van der Waals surface area contributed by atoms with E-state index in [0.29, 0.717) is 36.0 Å². The highest BCUT2D eigenvalue weighted by atomic mass is 16.5. The van der Waals surface area contributed by atoms with Crippen LogP contribution in [0.25, 0.3) is 5.53 Å². The van der Waals surface area contributed by atoms with Gasteiger partial charge in [0.2, 0.25) is 5.76 Å². The second-order valence-corrected chi connectivity index (χ2v) is 6.28. The van der Waals surface area contributed by atoms with E-state index in [9.17, 15) is 10.3 Å². The van der Waals surface area contributed by atoms with Crippen LogP contribution in [0.5, 0.6) is 0 Å². The zero-order valence-corrected chi connectivity index (χ0v) is 16.0. The van der Waals surface area contributed by atoms with Crippen LogP contribution in [-0.4, -0.2) is 35.7 Å². The summed E-state index contributed by atoms with van der Waals surface area (Å²) < 4.78 is 11.6. The van der Waals surface area contributed by atoms with Crippen molar-refractivity contribution >= 4 is 11.6 Å². The summed E-state index contributed by atoms with van der Waals surface area (Å²) in [5, 5.41) is 2.95. The number of unbranched alkanes of at least 4 members (excludes halogenated alkanes) is 2. The number of hydrogen-bond acceptors (Lipinski definition) is 3. The molecule has 27 heavy (non-hydrogen) atoms. The minimum Gasteiger partial charge on any atom is -0.495 e. The van der Waals surface area contributed by atoms with Gasteiger partial charge >= 0.3 is 5.71 Å². The maximum absolute atomic E-state index is 12.6. The standard InChI is InChI=1S/C21H27N3O3/c1-3-5-12-26-19-15-18(24-22)20(27-13-6-4-2)14-17(19)23-21(25)16-10-8-7-9-11-16/h7-11,14-15,17H,3-6,12-13H2,1-2H3,(H,23,25). The van der Waals surface area contributed by atoms with E-state index in [4.69, 9.17) is 9.47 Å². The molecule has 1 aromatic rings. The number of carbonyl (C=O) groups excluding carboxylic acids is 1. The first-order valence-corrected chi connectivity index (χ1v) is 9.46. The van der Waals surface area contributed by atoms with Crippen LogP contribution in [0.15, 0.2) is 54.0 Å². The van der Waals surface area contributed by atoms with Gasteiger partial charge in [-0.3, -0.25) is 4.79 Å². The minimum atomic E-state index is -0.489. The van der Waals surface area contributed by atoms with Crippen molar-refractivity contribution in [3.05, 3.63) is 65.1 Å². The van der Waals surface area contributed by atoms with E-state index in [0.717, 1.165) is 25.7 Å². The first-order valence-electron chi connectivity index (χ1n) is 9.46. The molecule has 0 fully saturated rings. The van der Waals surface area contributed by atoms with Crippen molar-refractivity contribution in [2.75, 3.05) is 13.2 Å².